The van der Waals surface area contributed by atoms with Gasteiger partial charge >= 0.3 is 0 Å². The zero-order valence-corrected chi connectivity index (χ0v) is 23.2. The first-order valence-electron chi connectivity index (χ1n) is 15.2. The van der Waals surface area contributed by atoms with Crippen LogP contribution in [0.4, 0.5) is 0 Å². The van der Waals surface area contributed by atoms with E-state index in [0.29, 0.717) is 0 Å². The fourth-order valence-electron chi connectivity index (χ4n) is 5.06. The maximum Gasteiger partial charge on any atom is 0.0487 e. The Morgan fingerprint density at radius 1 is 0.406 bits per heavy atom. The predicted molar refractivity (Wildman–Crippen MR) is 147 cm³/mol. The maximum absolute atomic E-state index is 5.21. The molecule has 2 unspecified atom stereocenters. The Labute approximate surface area is 205 Å². The van der Waals surface area contributed by atoms with Crippen molar-refractivity contribution < 1.29 is 4.74 Å². The van der Waals surface area contributed by atoms with Crippen LogP contribution >= 0.6 is 0 Å². The summed E-state index contributed by atoms with van der Waals surface area (Å²) < 4.78 is 5.21. The minimum absolute atomic E-state index is 0.740. The molecule has 0 saturated carbocycles. The highest BCUT2D eigenvalue weighted by Crippen LogP contribution is 2.18. The Kier molecular flexibility index (Phi) is 27.2. The summed E-state index contributed by atoms with van der Waals surface area (Å²) in [6.45, 7) is 8.00. The van der Waals surface area contributed by atoms with Crippen LogP contribution in [0.3, 0.4) is 0 Å². The van der Waals surface area contributed by atoms with Crippen molar-refractivity contribution in [2.75, 3.05) is 13.7 Å². The molecule has 0 aliphatic carbocycles. The molecule has 1 nitrogen and oxygen atoms in total. The van der Waals surface area contributed by atoms with Gasteiger partial charge in [-0.2, -0.15) is 0 Å². The van der Waals surface area contributed by atoms with E-state index in [9.17, 15) is 0 Å². The predicted octanol–water partition coefficient (Wildman–Crippen LogP) is 11.3. The van der Waals surface area contributed by atoms with Crippen LogP contribution in [-0.4, -0.2) is 13.7 Å². The fraction of sp³-hybridized carbons (Fsp3) is 1.00. The molecular formula is C31H64O. The van der Waals surface area contributed by atoms with Crippen LogP contribution in [0.1, 0.15) is 175 Å². The average Bonchev–Trinajstić information content (AvgIpc) is 2.78. The van der Waals surface area contributed by atoms with Gasteiger partial charge in [-0.25, -0.2) is 0 Å². The largest absolute Gasteiger partial charge is 0.384 e. The summed E-state index contributed by atoms with van der Waals surface area (Å²) in [5.41, 5.74) is 0. The van der Waals surface area contributed by atoms with E-state index < -0.39 is 0 Å². The zero-order valence-electron chi connectivity index (χ0n) is 23.2. The van der Waals surface area contributed by atoms with Gasteiger partial charge in [0.25, 0.3) is 0 Å². The van der Waals surface area contributed by atoms with E-state index >= 15 is 0 Å². The molecule has 0 spiro atoms. The third-order valence-electron chi connectivity index (χ3n) is 7.40. The molecule has 0 aromatic heterocycles. The summed E-state index contributed by atoms with van der Waals surface area (Å²) in [6.07, 6.45) is 34.9. The minimum atomic E-state index is 0.740. The molecule has 0 radical (unpaired) electrons. The topological polar surface area (TPSA) is 9.23 Å². The summed E-state index contributed by atoms with van der Waals surface area (Å²) in [5, 5.41) is 0. The van der Waals surface area contributed by atoms with E-state index in [1.54, 1.807) is 0 Å². The Balaban J connectivity index is 3.08. The number of hydrogen-bond acceptors (Lipinski definition) is 1. The molecule has 0 aliphatic heterocycles. The molecule has 0 N–H and O–H groups in total. The molecule has 0 heterocycles. The number of ether oxygens (including phenoxy) is 1. The van der Waals surface area contributed by atoms with E-state index in [1.165, 1.54) is 154 Å². The van der Waals surface area contributed by atoms with E-state index in [0.717, 1.165) is 18.4 Å². The maximum atomic E-state index is 5.21. The fourth-order valence-corrected chi connectivity index (χ4v) is 5.06. The number of methoxy groups -OCH3 is 1. The Morgan fingerprint density at radius 2 is 0.688 bits per heavy atom. The van der Waals surface area contributed by atoms with Crippen molar-refractivity contribution in [1.29, 1.82) is 0 Å². The van der Waals surface area contributed by atoms with E-state index in [4.69, 9.17) is 4.74 Å². The Hall–Kier alpha value is -0.0400. The van der Waals surface area contributed by atoms with Gasteiger partial charge in [0.2, 0.25) is 0 Å². The van der Waals surface area contributed by atoms with Crippen LogP contribution in [-0.2, 0) is 4.74 Å². The lowest BCUT2D eigenvalue weighted by molar-refractivity contribution is 0.154. The second-order valence-electron chi connectivity index (χ2n) is 11.1. The van der Waals surface area contributed by atoms with E-state index in [-0.39, 0.29) is 0 Å². The molecule has 0 saturated heterocycles. The lowest BCUT2D eigenvalue weighted by atomic mass is 9.97. The first-order chi connectivity index (χ1) is 15.7. The van der Waals surface area contributed by atoms with Gasteiger partial charge in [-0.15, -0.1) is 0 Å². The molecule has 0 fully saturated rings. The lowest BCUT2D eigenvalue weighted by Gasteiger charge is -2.10. The standard InChI is InChI=1S/C31H64O/c1-5-6-26-30(2)27-24-22-20-18-16-14-12-10-8-7-9-11-13-15-17-19-21-23-25-28-31(3)29-32-4/h30-31H,5-29H2,1-4H3. The van der Waals surface area contributed by atoms with Crippen LogP contribution in [0.5, 0.6) is 0 Å². The molecular weight excluding hydrogens is 388 g/mol. The van der Waals surface area contributed by atoms with Crippen LogP contribution in [0.25, 0.3) is 0 Å². The van der Waals surface area contributed by atoms with E-state index in [1.807, 2.05) is 7.11 Å². The van der Waals surface area contributed by atoms with Crippen LogP contribution in [0.15, 0.2) is 0 Å². The first-order valence-corrected chi connectivity index (χ1v) is 15.2. The Morgan fingerprint density at radius 3 is 1.00 bits per heavy atom. The molecule has 0 bridgehead atoms. The second kappa shape index (κ2) is 27.2. The molecule has 1 heteroatoms. The van der Waals surface area contributed by atoms with Crippen molar-refractivity contribution in [2.45, 2.75) is 175 Å². The summed E-state index contributed by atoms with van der Waals surface area (Å²) in [7, 11) is 1.82. The van der Waals surface area contributed by atoms with Crippen LogP contribution in [0, 0.1) is 11.8 Å². The summed E-state index contributed by atoms with van der Waals surface area (Å²) in [6, 6.07) is 0. The summed E-state index contributed by atoms with van der Waals surface area (Å²) >= 11 is 0. The normalized spacial score (nSPS) is 13.5. The number of hydrogen-bond donors (Lipinski definition) is 0. The third kappa shape index (κ3) is 26.2. The molecule has 32 heavy (non-hydrogen) atoms. The van der Waals surface area contributed by atoms with Crippen LogP contribution in [0.2, 0.25) is 0 Å². The highest BCUT2D eigenvalue weighted by atomic mass is 16.5. The van der Waals surface area contributed by atoms with Gasteiger partial charge in [-0.05, 0) is 18.3 Å². The van der Waals surface area contributed by atoms with Crippen molar-refractivity contribution >= 4 is 0 Å². The van der Waals surface area contributed by atoms with Gasteiger partial charge in [0.05, 0.1) is 0 Å². The molecule has 0 aromatic carbocycles. The van der Waals surface area contributed by atoms with Gasteiger partial charge in [0, 0.05) is 13.7 Å². The monoisotopic (exact) mass is 452 g/mol. The molecule has 0 aromatic rings. The minimum Gasteiger partial charge on any atom is -0.384 e. The van der Waals surface area contributed by atoms with Crippen LogP contribution < -0.4 is 0 Å². The smallest absolute Gasteiger partial charge is 0.0487 e. The van der Waals surface area contributed by atoms with Crippen molar-refractivity contribution in [3.63, 3.8) is 0 Å². The van der Waals surface area contributed by atoms with Gasteiger partial charge < -0.3 is 4.74 Å². The highest BCUT2D eigenvalue weighted by Gasteiger charge is 2.02. The summed E-state index contributed by atoms with van der Waals surface area (Å²) in [5.74, 6) is 1.70. The Bertz CT molecular complexity index is 326. The quantitative estimate of drug-likeness (QED) is 0.113. The third-order valence-corrected chi connectivity index (χ3v) is 7.40. The van der Waals surface area contributed by atoms with Gasteiger partial charge in [-0.3, -0.25) is 0 Å². The molecule has 0 rings (SSSR count). The molecule has 0 amide bonds. The first kappa shape index (κ1) is 32.0. The average molecular weight is 453 g/mol. The van der Waals surface area contributed by atoms with Crippen molar-refractivity contribution in [1.82, 2.24) is 0 Å². The highest BCUT2D eigenvalue weighted by molar-refractivity contribution is 4.55. The van der Waals surface area contributed by atoms with Gasteiger partial charge in [0.1, 0.15) is 0 Å². The molecule has 194 valence electrons. The SMILES string of the molecule is CCCCC(C)CCCCCCCCCCCCCCCCCCCCCC(C)COC. The summed E-state index contributed by atoms with van der Waals surface area (Å²) in [4.78, 5) is 0. The van der Waals surface area contributed by atoms with Gasteiger partial charge in [0.15, 0.2) is 0 Å². The number of rotatable bonds is 27. The lowest BCUT2D eigenvalue weighted by Crippen LogP contribution is -2.02. The molecule has 0 aliphatic rings. The second-order valence-corrected chi connectivity index (χ2v) is 11.1. The van der Waals surface area contributed by atoms with Crippen molar-refractivity contribution in [2.24, 2.45) is 11.8 Å². The number of unbranched alkanes of at least 4 members (excludes halogenated alkanes) is 19. The molecule has 2 atom stereocenters. The van der Waals surface area contributed by atoms with Crippen molar-refractivity contribution in [3.05, 3.63) is 0 Å². The zero-order chi connectivity index (χ0) is 23.5. The van der Waals surface area contributed by atoms with Gasteiger partial charge in [-0.1, -0.05) is 168 Å². The van der Waals surface area contributed by atoms with Crippen molar-refractivity contribution in [3.8, 4) is 0 Å². The van der Waals surface area contributed by atoms with E-state index in [2.05, 4.69) is 20.8 Å².